The topological polar surface area (TPSA) is 79.3 Å². The van der Waals surface area contributed by atoms with Crippen molar-refractivity contribution in [2.75, 3.05) is 0 Å². The van der Waals surface area contributed by atoms with Crippen LogP contribution in [0.2, 0.25) is 0 Å². The lowest BCUT2D eigenvalue weighted by Gasteiger charge is -2.17. The largest absolute Gasteiger partial charge is 0.481 e. The maximum atomic E-state index is 12.2. The van der Waals surface area contributed by atoms with E-state index < -0.39 is 5.97 Å². The Morgan fingerprint density at radius 1 is 1.30 bits per heavy atom. The Morgan fingerprint density at radius 3 is 2.40 bits per heavy atom. The third-order valence-corrected chi connectivity index (χ3v) is 3.01. The van der Waals surface area contributed by atoms with Crippen LogP contribution in [-0.4, -0.2) is 28.0 Å². The summed E-state index contributed by atoms with van der Waals surface area (Å²) in [4.78, 5) is 27.2. The van der Waals surface area contributed by atoms with Crippen LogP contribution in [-0.2, 0) is 4.79 Å². The summed E-state index contributed by atoms with van der Waals surface area (Å²) in [6.45, 7) is 5.69. The molecule has 0 aromatic carbocycles. The summed E-state index contributed by atoms with van der Waals surface area (Å²) in [5.74, 6) is -1.13. The predicted molar refractivity (Wildman–Crippen MR) is 76.7 cm³/mol. The van der Waals surface area contributed by atoms with Crippen molar-refractivity contribution in [1.82, 2.24) is 10.3 Å². The Morgan fingerprint density at radius 2 is 1.90 bits per heavy atom. The lowest BCUT2D eigenvalue weighted by molar-refractivity contribution is -0.137. The molecule has 0 radical (unpaired) electrons. The Bertz CT molecular complexity index is 466. The monoisotopic (exact) mass is 278 g/mol. The van der Waals surface area contributed by atoms with Gasteiger partial charge in [0.1, 0.15) is 0 Å². The molecular weight excluding hydrogens is 256 g/mol. The molecule has 0 saturated heterocycles. The number of aryl methyl sites for hydroxylation is 2. The van der Waals surface area contributed by atoms with Crippen LogP contribution in [0.1, 0.15) is 54.4 Å². The average molecular weight is 278 g/mol. The summed E-state index contributed by atoms with van der Waals surface area (Å²) in [5, 5.41) is 11.7. The molecule has 0 fully saturated rings. The van der Waals surface area contributed by atoms with Crippen molar-refractivity contribution < 1.29 is 14.7 Å². The average Bonchev–Trinajstić information content (AvgIpc) is 2.34. The zero-order valence-electron chi connectivity index (χ0n) is 12.3. The van der Waals surface area contributed by atoms with E-state index in [4.69, 9.17) is 5.11 Å². The van der Waals surface area contributed by atoms with Gasteiger partial charge in [-0.05, 0) is 32.4 Å². The molecule has 110 valence electrons. The molecule has 0 aliphatic heterocycles. The van der Waals surface area contributed by atoms with Gasteiger partial charge in [-0.15, -0.1) is 0 Å². The van der Waals surface area contributed by atoms with Crippen LogP contribution in [0.15, 0.2) is 12.1 Å². The summed E-state index contributed by atoms with van der Waals surface area (Å²) in [6, 6.07) is 3.09. The molecule has 1 heterocycles. The molecule has 0 bridgehead atoms. The Hall–Kier alpha value is -1.91. The van der Waals surface area contributed by atoms with Crippen molar-refractivity contribution in [3.63, 3.8) is 0 Å². The molecule has 1 atom stereocenters. The van der Waals surface area contributed by atoms with Crippen molar-refractivity contribution >= 4 is 11.9 Å². The van der Waals surface area contributed by atoms with E-state index in [1.165, 1.54) is 0 Å². The van der Waals surface area contributed by atoms with Crippen LogP contribution in [0, 0.1) is 13.8 Å². The number of nitrogens with zero attached hydrogens (tertiary/aromatic N) is 1. The van der Waals surface area contributed by atoms with Gasteiger partial charge >= 0.3 is 5.97 Å². The molecule has 20 heavy (non-hydrogen) atoms. The van der Waals surface area contributed by atoms with Gasteiger partial charge in [0.15, 0.2) is 0 Å². The molecule has 0 aliphatic carbocycles. The van der Waals surface area contributed by atoms with Gasteiger partial charge in [-0.1, -0.05) is 19.8 Å². The molecule has 0 saturated carbocycles. The third-order valence-electron chi connectivity index (χ3n) is 3.01. The molecule has 1 unspecified atom stereocenters. The second-order valence-electron chi connectivity index (χ2n) is 5.05. The molecule has 1 aromatic rings. The standard InChI is InChI=1S/C15H22N2O3/c1-4-5-6-13(9-14(18)19)17-15(20)12-7-10(2)16-11(3)8-12/h7-8,13H,4-6,9H2,1-3H3,(H,17,20)(H,18,19). The van der Waals surface area contributed by atoms with Crippen molar-refractivity contribution in [2.24, 2.45) is 0 Å². The molecule has 1 aromatic heterocycles. The predicted octanol–water partition coefficient (Wildman–Crippen LogP) is 2.46. The van der Waals surface area contributed by atoms with Gasteiger partial charge in [-0.3, -0.25) is 14.6 Å². The number of carboxylic acid groups (broad SMARTS) is 1. The van der Waals surface area contributed by atoms with Crippen LogP contribution in [0.4, 0.5) is 0 Å². The molecule has 0 spiro atoms. The SMILES string of the molecule is CCCCC(CC(=O)O)NC(=O)c1cc(C)nc(C)c1. The van der Waals surface area contributed by atoms with Crippen LogP contribution >= 0.6 is 0 Å². The summed E-state index contributed by atoms with van der Waals surface area (Å²) < 4.78 is 0. The van der Waals surface area contributed by atoms with Crippen LogP contribution in [0.3, 0.4) is 0 Å². The van der Waals surface area contributed by atoms with Gasteiger partial charge in [0, 0.05) is 23.0 Å². The van der Waals surface area contributed by atoms with E-state index in [1.807, 2.05) is 20.8 Å². The molecule has 1 rings (SSSR count). The molecule has 0 aliphatic rings. The van der Waals surface area contributed by atoms with Gasteiger partial charge in [0.2, 0.25) is 0 Å². The van der Waals surface area contributed by atoms with Crippen molar-refractivity contribution in [3.05, 3.63) is 29.1 Å². The molecular formula is C15H22N2O3. The van der Waals surface area contributed by atoms with Crippen molar-refractivity contribution in [3.8, 4) is 0 Å². The maximum Gasteiger partial charge on any atom is 0.305 e. The number of carbonyl (C=O) groups is 2. The summed E-state index contributed by atoms with van der Waals surface area (Å²) in [5.41, 5.74) is 2.08. The number of hydrogen-bond donors (Lipinski definition) is 2. The van der Waals surface area contributed by atoms with Gasteiger partial charge in [-0.25, -0.2) is 0 Å². The van der Waals surface area contributed by atoms with E-state index in [2.05, 4.69) is 10.3 Å². The fraction of sp³-hybridized carbons (Fsp3) is 0.533. The van der Waals surface area contributed by atoms with Gasteiger partial charge in [0.25, 0.3) is 5.91 Å². The first kappa shape index (κ1) is 16.1. The second-order valence-corrected chi connectivity index (χ2v) is 5.05. The number of nitrogens with one attached hydrogen (secondary N) is 1. The number of amides is 1. The zero-order chi connectivity index (χ0) is 15.1. The third kappa shape index (κ3) is 5.38. The van der Waals surface area contributed by atoms with Crippen molar-refractivity contribution in [1.29, 1.82) is 0 Å². The first-order valence-corrected chi connectivity index (χ1v) is 6.90. The fourth-order valence-corrected chi connectivity index (χ4v) is 2.12. The zero-order valence-corrected chi connectivity index (χ0v) is 12.3. The quantitative estimate of drug-likeness (QED) is 0.803. The van der Waals surface area contributed by atoms with E-state index >= 15 is 0 Å². The Kier molecular flexibility index (Phi) is 6.15. The number of aromatic nitrogens is 1. The number of aliphatic carboxylic acids is 1. The minimum atomic E-state index is -0.895. The molecule has 5 heteroatoms. The van der Waals surface area contributed by atoms with Crippen LogP contribution in [0.25, 0.3) is 0 Å². The van der Waals surface area contributed by atoms with E-state index in [0.717, 1.165) is 24.2 Å². The van der Waals surface area contributed by atoms with E-state index in [-0.39, 0.29) is 18.4 Å². The van der Waals surface area contributed by atoms with Gasteiger partial charge < -0.3 is 10.4 Å². The first-order valence-electron chi connectivity index (χ1n) is 6.90. The van der Waals surface area contributed by atoms with E-state index in [9.17, 15) is 9.59 Å². The number of pyridine rings is 1. The Balaban J connectivity index is 2.75. The Labute approximate surface area is 119 Å². The minimum absolute atomic E-state index is 0.0468. The van der Waals surface area contributed by atoms with Crippen molar-refractivity contribution in [2.45, 2.75) is 52.5 Å². The molecule has 1 amide bonds. The number of rotatable bonds is 7. The highest BCUT2D eigenvalue weighted by molar-refractivity contribution is 5.94. The lowest BCUT2D eigenvalue weighted by Crippen LogP contribution is -2.36. The minimum Gasteiger partial charge on any atom is -0.481 e. The van der Waals surface area contributed by atoms with Crippen LogP contribution < -0.4 is 5.32 Å². The normalized spacial score (nSPS) is 11.9. The lowest BCUT2D eigenvalue weighted by atomic mass is 10.1. The first-order chi connectivity index (χ1) is 9.42. The number of carboxylic acids is 1. The summed E-state index contributed by atoms with van der Waals surface area (Å²) >= 11 is 0. The smallest absolute Gasteiger partial charge is 0.305 e. The van der Waals surface area contributed by atoms with E-state index in [0.29, 0.717) is 12.0 Å². The molecule has 2 N–H and O–H groups in total. The summed E-state index contributed by atoms with van der Waals surface area (Å²) in [6.07, 6.45) is 2.50. The van der Waals surface area contributed by atoms with E-state index in [1.54, 1.807) is 12.1 Å². The number of hydrogen-bond acceptors (Lipinski definition) is 3. The van der Waals surface area contributed by atoms with Crippen LogP contribution in [0.5, 0.6) is 0 Å². The summed E-state index contributed by atoms with van der Waals surface area (Å²) in [7, 11) is 0. The highest BCUT2D eigenvalue weighted by atomic mass is 16.4. The second kappa shape index (κ2) is 7.62. The highest BCUT2D eigenvalue weighted by Crippen LogP contribution is 2.09. The van der Waals surface area contributed by atoms with Gasteiger partial charge in [0.05, 0.1) is 6.42 Å². The molecule has 5 nitrogen and oxygen atoms in total. The number of carbonyl (C=O) groups excluding carboxylic acids is 1. The van der Waals surface area contributed by atoms with Gasteiger partial charge in [-0.2, -0.15) is 0 Å². The maximum absolute atomic E-state index is 12.2. The number of unbranched alkanes of at least 4 members (excludes halogenated alkanes) is 1. The fourth-order valence-electron chi connectivity index (χ4n) is 2.12. The highest BCUT2D eigenvalue weighted by Gasteiger charge is 2.17.